The Bertz CT molecular complexity index is 604. The molecule has 0 heterocycles. The van der Waals surface area contributed by atoms with Crippen molar-refractivity contribution in [2.45, 2.75) is 225 Å². The maximum absolute atomic E-state index is 12.5. The first-order valence-electron chi connectivity index (χ1n) is 18.7. The number of hydrogen-bond donors (Lipinski definition) is 2. The van der Waals surface area contributed by atoms with Gasteiger partial charge in [0.2, 0.25) is 5.91 Å². The minimum absolute atomic E-state index is 0.0508. The molecular formula is C37H77NO3Si. The van der Waals surface area contributed by atoms with Crippen molar-refractivity contribution < 1.29 is 14.3 Å². The molecule has 0 rings (SSSR count). The van der Waals surface area contributed by atoms with Crippen LogP contribution in [0.25, 0.3) is 0 Å². The van der Waals surface area contributed by atoms with Crippen molar-refractivity contribution in [2.75, 3.05) is 6.61 Å². The summed E-state index contributed by atoms with van der Waals surface area (Å²) in [5.74, 6) is 0.0508. The maximum Gasteiger partial charge on any atom is 0.220 e. The van der Waals surface area contributed by atoms with Crippen LogP contribution in [0.5, 0.6) is 0 Å². The molecule has 0 aromatic heterocycles. The molecule has 1 amide bonds. The predicted octanol–water partition coefficient (Wildman–Crippen LogP) is 11.6. The van der Waals surface area contributed by atoms with E-state index in [1.807, 2.05) is 0 Å². The van der Waals surface area contributed by atoms with Crippen molar-refractivity contribution in [3.8, 4) is 0 Å². The molecule has 0 saturated carbocycles. The highest BCUT2D eigenvalue weighted by atomic mass is 28.4. The van der Waals surface area contributed by atoms with E-state index < -0.39 is 8.32 Å². The van der Waals surface area contributed by atoms with Crippen molar-refractivity contribution in [1.82, 2.24) is 5.32 Å². The lowest BCUT2D eigenvalue weighted by molar-refractivity contribution is -0.123. The van der Waals surface area contributed by atoms with Gasteiger partial charge in [-0.2, -0.15) is 0 Å². The topological polar surface area (TPSA) is 58.6 Å². The Kier molecular flexibility index (Phi) is 26.7. The summed E-state index contributed by atoms with van der Waals surface area (Å²) in [7, 11) is -1.95. The van der Waals surface area contributed by atoms with Crippen LogP contribution in [0.4, 0.5) is 0 Å². The SMILES string of the molecule is CCCCCCCCCCCCCCCCCCCCCCCCCC(=O)N[C@@H](CO)C(CC)O[Si](C)(C)C(C)(C)C. The van der Waals surface area contributed by atoms with Crippen LogP contribution in [-0.2, 0) is 9.22 Å². The van der Waals surface area contributed by atoms with Crippen molar-refractivity contribution >= 4 is 14.2 Å². The number of nitrogens with one attached hydrogen (secondary N) is 1. The molecule has 0 aliphatic heterocycles. The number of aliphatic hydroxyl groups excluding tert-OH is 1. The second kappa shape index (κ2) is 27.0. The Balaban J connectivity index is 3.59. The molecule has 0 aromatic carbocycles. The number of unbranched alkanes of at least 4 members (excludes halogenated alkanes) is 22. The van der Waals surface area contributed by atoms with Gasteiger partial charge in [-0.3, -0.25) is 4.79 Å². The van der Waals surface area contributed by atoms with E-state index in [1.165, 1.54) is 135 Å². The molecule has 0 bridgehead atoms. The fourth-order valence-electron chi connectivity index (χ4n) is 5.61. The van der Waals surface area contributed by atoms with Crippen molar-refractivity contribution in [3.63, 3.8) is 0 Å². The zero-order valence-corrected chi connectivity index (χ0v) is 30.8. The van der Waals surface area contributed by atoms with Gasteiger partial charge in [0.15, 0.2) is 8.32 Å². The van der Waals surface area contributed by atoms with Crippen LogP contribution in [0, 0.1) is 0 Å². The number of rotatable bonds is 30. The number of carbonyl (C=O) groups excluding carboxylic acids is 1. The van der Waals surface area contributed by atoms with Gasteiger partial charge < -0.3 is 14.8 Å². The van der Waals surface area contributed by atoms with E-state index in [9.17, 15) is 9.90 Å². The fraction of sp³-hybridized carbons (Fsp3) is 0.973. The Morgan fingerprint density at radius 3 is 1.26 bits per heavy atom. The lowest BCUT2D eigenvalue weighted by atomic mass is 10.0. The second-order valence-corrected chi connectivity index (χ2v) is 19.5. The highest BCUT2D eigenvalue weighted by Gasteiger charge is 2.40. The van der Waals surface area contributed by atoms with Gasteiger partial charge in [-0.25, -0.2) is 0 Å². The van der Waals surface area contributed by atoms with Gasteiger partial charge in [-0.15, -0.1) is 0 Å². The first-order chi connectivity index (χ1) is 20.1. The Morgan fingerprint density at radius 2 is 0.976 bits per heavy atom. The Labute approximate surface area is 265 Å². The van der Waals surface area contributed by atoms with E-state index in [0.29, 0.717) is 6.42 Å². The molecule has 2 atom stereocenters. The minimum atomic E-state index is -1.95. The monoisotopic (exact) mass is 612 g/mol. The van der Waals surface area contributed by atoms with Crippen LogP contribution < -0.4 is 5.32 Å². The second-order valence-electron chi connectivity index (χ2n) is 14.7. The molecule has 0 aliphatic rings. The van der Waals surface area contributed by atoms with Crippen molar-refractivity contribution in [1.29, 1.82) is 0 Å². The van der Waals surface area contributed by atoms with E-state index in [-0.39, 0.29) is 29.7 Å². The fourth-order valence-corrected chi connectivity index (χ4v) is 7.05. The van der Waals surface area contributed by atoms with E-state index in [1.54, 1.807) is 0 Å². The zero-order valence-electron chi connectivity index (χ0n) is 29.8. The standard InChI is InChI=1S/C37H77NO3Si/c1-8-10-11-12-13-14-15-16-17-18-19-20-21-22-23-24-25-26-27-28-29-30-31-32-36(40)38-34(33-39)35(9-2)41-42(6,7)37(3,4)5/h34-35,39H,8-33H2,1-7H3,(H,38,40)/t34-,35?/m0/s1. The molecular weight excluding hydrogens is 534 g/mol. The highest BCUT2D eigenvalue weighted by Crippen LogP contribution is 2.38. The van der Waals surface area contributed by atoms with Crippen LogP contribution in [0.15, 0.2) is 0 Å². The van der Waals surface area contributed by atoms with Crippen LogP contribution in [0.1, 0.15) is 195 Å². The van der Waals surface area contributed by atoms with Gasteiger partial charge in [-0.05, 0) is 31.0 Å². The largest absolute Gasteiger partial charge is 0.412 e. The van der Waals surface area contributed by atoms with Crippen LogP contribution in [0.3, 0.4) is 0 Å². The van der Waals surface area contributed by atoms with Crippen molar-refractivity contribution in [3.05, 3.63) is 0 Å². The minimum Gasteiger partial charge on any atom is -0.412 e. The molecule has 252 valence electrons. The number of aliphatic hydroxyl groups is 1. The summed E-state index contributed by atoms with van der Waals surface area (Å²) in [6.07, 6.45) is 32.9. The lowest BCUT2D eigenvalue weighted by Crippen LogP contribution is -2.53. The van der Waals surface area contributed by atoms with Gasteiger partial charge in [0.1, 0.15) is 0 Å². The summed E-state index contributed by atoms with van der Waals surface area (Å²) in [5, 5.41) is 13.1. The first-order valence-corrected chi connectivity index (χ1v) is 21.6. The summed E-state index contributed by atoms with van der Waals surface area (Å²) >= 11 is 0. The van der Waals surface area contributed by atoms with Crippen LogP contribution >= 0.6 is 0 Å². The Hall–Kier alpha value is -0.393. The average molecular weight is 612 g/mol. The predicted molar refractivity (Wildman–Crippen MR) is 188 cm³/mol. The average Bonchev–Trinajstić information content (AvgIpc) is 2.94. The number of amides is 1. The molecule has 0 radical (unpaired) electrons. The quantitative estimate of drug-likeness (QED) is 0.0627. The van der Waals surface area contributed by atoms with Gasteiger partial charge in [-0.1, -0.05) is 176 Å². The smallest absolute Gasteiger partial charge is 0.220 e. The van der Waals surface area contributed by atoms with E-state index in [0.717, 1.165) is 19.3 Å². The molecule has 0 aromatic rings. The number of carbonyl (C=O) groups is 1. The molecule has 5 heteroatoms. The zero-order chi connectivity index (χ0) is 31.5. The van der Waals surface area contributed by atoms with Crippen molar-refractivity contribution in [2.24, 2.45) is 0 Å². The third kappa shape index (κ3) is 23.1. The summed E-state index contributed by atoms with van der Waals surface area (Å²) in [5.41, 5.74) is 0. The molecule has 0 aliphatic carbocycles. The van der Waals surface area contributed by atoms with Gasteiger partial charge in [0.05, 0.1) is 18.8 Å². The lowest BCUT2D eigenvalue weighted by Gasteiger charge is -2.41. The summed E-state index contributed by atoms with van der Waals surface area (Å²) in [4.78, 5) is 12.5. The molecule has 2 N–H and O–H groups in total. The molecule has 1 unspecified atom stereocenters. The highest BCUT2D eigenvalue weighted by molar-refractivity contribution is 6.74. The summed E-state index contributed by atoms with van der Waals surface area (Å²) < 4.78 is 6.52. The third-order valence-corrected chi connectivity index (χ3v) is 14.2. The van der Waals surface area contributed by atoms with Crippen LogP contribution in [0.2, 0.25) is 18.1 Å². The van der Waals surface area contributed by atoms with Gasteiger partial charge in [0, 0.05) is 6.42 Å². The number of hydrogen-bond acceptors (Lipinski definition) is 3. The van der Waals surface area contributed by atoms with E-state index >= 15 is 0 Å². The van der Waals surface area contributed by atoms with E-state index in [2.05, 4.69) is 53.0 Å². The maximum atomic E-state index is 12.5. The Morgan fingerprint density at radius 1 is 0.643 bits per heavy atom. The van der Waals surface area contributed by atoms with Gasteiger partial charge in [0.25, 0.3) is 0 Å². The van der Waals surface area contributed by atoms with E-state index in [4.69, 9.17) is 4.43 Å². The van der Waals surface area contributed by atoms with Gasteiger partial charge >= 0.3 is 0 Å². The summed E-state index contributed by atoms with van der Waals surface area (Å²) in [6.45, 7) is 15.4. The normalized spacial score (nSPS) is 13.8. The van der Waals surface area contributed by atoms with Crippen LogP contribution in [-0.4, -0.2) is 38.1 Å². The molecule has 0 saturated heterocycles. The molecule has 0 fully saturated rings. The third-order valence-electron chi connectivity index (χ3n) is 9.65. The molecule has 0 spiro atoms. The first kappa shape index (κ1) is 41.6. The molecule has 42 heavy (non-hydrogen) atoms. The molecule has 4 nitrogen and oxygen atoms in total. The summed E-state index contributed by atoms with van der Waals surface area (Å²) in [6, 6.07) is -0.318.